The van der Waals surface area contributed by atoms with Crippen LogP contribution in [0, 0.1) is 20.2 Å². The number of non-ortho nitro benzene ring substituents is 1. The van der Waals surface area contributed by atoms with E-state index in [1.165, 1.54) is 30.4 Å². The topological polar surface area (TPSA) is 109 Å². The summed E-state index contributed by atoms with van der Waals surface area (Å²) in [6.45, 7) is 0. The number of rotatable bonds is 4. The minimum Gasteiger partial charge on any atom is -0.870 e. The van der Waals surface area contributed by atoms with Crippen molar-refractivity contribution in [2.75, 3.05) is 0 Å². The van der Waals surface area contributed by atoms with E-state index in [9.17, 15) is 25.3 Å². The van der Waals surface area contributed by atoms with Gasteiger partial charge in [0.1, 0.15) is 0 Å². The fourth-order valence-electron chi connectivity index (χ4n) is 1.81. The molecule has 0 heterocycles. The fraction of sp³-hybridized carbons (Fsp3) is 0. The van der Waals surface area contributed by atoms with Gasteiger partial charge in [-0.25, -0.2) is 0 Å². The Morgan fingerprint density at radius 3 is 2.04 bits per heavy atom. The van der Waals surface area contributed by atoms with E-state index in [-0.39, 0.29) is 21.3 Å². The third-order valence-corrected chi connectivity index (χ3v) is 3.46. The van der Waals surface area contributed by atoms with Crippen LogP contribution in [-0.4, -0.2) is 9.85 Å². The van der Waals surface area contributed by atoms with Crippen LogP contribution in [0.15, 0.2) is 30.3 Å². The van der Waals surface area contributed by atoms with E-state index in [4.69, 9.17) is 23.2 Å². The van der Waals surface area contributed by atoms with Crippen LogP contribution in [0.4, 0.5) is 11.4 Å². The Labute approximate surface area is 139 Å². The number of hydrogen-bond acceptors (Lipinski definition) is 5. The van der Waals surface area contributed by atoms with Gasteiger partial charge in [-0.1, -0.05) is 35.0 Å². The van der Waals surface area contributed by atoms with Crippen molar-refractivity contribution in [3.63, 3.8) is 0 Å². The van der Waals surface area contributed by atoms with Crippen molar-refractivity contribution < 1.29 is 15.0 Å². The van der Waals surface area contributed by atoms with Gasteiger partial charge in [-0.3, -0.25) is 20.2 Å². The lowest BCUT2D eigenvalue weighted by Gasteiger charge is -2.11. The molecule has 0 unspecified atom stereocenters. The van der Waals surface area contributed by atoms with E-state index in [0.29, 0.717) is 5.56 Å². The van der Waals surface area contributed by atoms with Gasteiger partial charge < -0.3 is 5.11 Å². The predicted octanol–water partition coefficient (Wildman–Crippen LogP) is 4.05. The van der Waals surface area contributed by atoms with E-state index in [1.807, 2.05) is 0 Å². The van der Waals surface area contributed by atoms with Crippen LogP contribution in [-0.2, 0) is 0 Å². The third-order valence-electron chi connectivity index (χ3n) is 2.90. The number of nitro benzene ring substituents is 2. The molecule has 0 saturated heterocycles. The zero-order chi connectivity index (χ0) is 17.1. The van der Waals surface area contributed by atoms with E-state index >= 15 is 0 Å². The summed E-state index contributed by atoms with van der Waals surface area (Å²) in [7, 11) is 0. The molecule has 2 aromatic carbocycles. The summed E-state index contributed by atoms with van der Waals surface area (Å²) in [5.41, 5.74) is -0.157. The third kappa shape index (κ3) is 3.77. The second-order valence-electron chi connectivity index (χ2n) is 4.40. The van der Waals surface area contributed by atoms with Crippen molar-refractivity contribution in [2.45, 2.75) is 0 Å². The molecular weight excluding hydrogens is 347 g/mol. The summed E-state index contributed by atoms with van der Waals surface area (Å²) in [5.74, 6) is -0.508. The molecule has 0 bridgehead atoms. The van der Waals surface area contributed by atoms with Crippen LogP contribution in [0.3, 0.4) is 0 Å². The van der Waals surface area contributed by atoms with Crippen molar-refractivity contribution in [3.05, 3.63) is 71.7 Å². The quantitative estimate of drug-likeness (QED) is 0.467. The summed E-state index contributed by atoms with van der Waals surface area (Å²) in [5, 5.41) is 33.0. The number of halogens is 2. The second-order valence-corrected chi connectivity index (χ2v) is 5.22. The van der Waals surface area contributed by atoms with E-state index in [2.05, 4.69) is 0 Å². The average Bonchev–Trinajstić information content (AvgIpc) is 2.49. The van der Waals surface area contributed by atoms with E-state index < -0.39 is 21.3 Å². The molecule has 2 rings (SSSR count). The first-order valence-corrected chi connectivity index (χ1v) is 6.82. The standard InChI is InChI=1S/C14H8Cl2N2O5/c15-11-5-8(6-12(16)14(11)19)1-2-9-3-4-10(17(20)21)7-13(9)18(22)23/h1-7,19H/p-1/b2-1+. The summed E-state index contributed by atoms with van der Waals surface area (Å²) in [4.78, 5) is 20.3. The summed E-state index contributed by atoms with van der Waals surface area (Å²) >= 11 is 11.4. The lowest BCUT2D eigenvalue weighted by atomic mass is 10.1. The lowest BCUT2D eigenvalue weighted by Crippen LogP contribution is -1.95. The van der Waals surface area contributed by atoms with Gasteiger partial charge in [-0.15, -0.1) is 0 Å². The summed E-state index contributed by atoms with van der Waals surface area (Å²) in [6.07, 6.45) is 2.85. The molecule has 0 fully saturated rings. The highest BCUT2D eigenvalue weighted by atomic mass is 35.5. The Morgan fingerprint density at radius 2 is 1.52 bits per heavy atom. The van der Waals surface area contributed by atoms with E-state index in [1.54, 1.807) is 0 Å². The zero-order valence-electron chi connectivity index (χ0n) is 11.2. The van der Waals surface area contributed by atoms with Gasteiger partial charge >= 0.3 is 0 Å². The molecule has 9 heteroatoms. The molecule has 0 N–H and O–H groups in total. The molecule has 0 aromatic heterocycles. The van der Waals surface area contributed by atoms with Crippen molar-refractivity contribution in [2.24, 2.45) is 0 Å². The second kappa shape index (κ2) is 6.64. The molecule has 0 amide bonds. The van der Waals surface area contributed by atoms with Crippen LogP contribution in [0.1, 0.15) is 11.1 Å². The Hall–Kier alpha value is -2.64. The zero-order valence-corrected chi connectivity index (χ0v) is 12.7. The van der Waals surface area contributed by atoms with Gasteiger partial charge in [0.05, 0.1) is 21.5 Å². The number of benzene rings is 2. The fourth-order valence-corrected chi connectivity index (χ4v) is 2.31. The largest absolute Gasteiger partial charge is 0.870 e. The SMILES string of the molecule is O=[N+]([O-])c1ccc(/C=C/c2cc(Cl)c([O-])c(Cl)c2)c([N+](=O)[O-])c1. The highest BCUT2D eigenvalue weighted by molar-refractivity contribution is 6.37. The maximum atomic E-state index is 11.4. The van der Waals surface area contributed by atoms with Crippen molar-refractivity contribution in [1.29, 1.82) is 0 Å². The molecule has 0 aliphatic heterocycles. The highest BCUT2D eigenvalue weighted by Gasteiger charge is 2.17. The molecule has 0 aliphatic rings. The molecule has 2 aromatic rings. The molecule has 0 atom stereocenters. The monoisotopic (exact) mass is 353 g/mol. The minimum absolute atomic E-state index is 0.0738. The molecule has 7 nitrogen and oxygen atoms in total. The highest BCUT2D eigenvalue weighted by Crippen LogP contribution is 2.32. The van der Waals surface area contributed by atoms with Gasteiger partial charge in [0.25, 0.3) is 11.4 Å². The maximum Gasteiger partial charge on any atom is 0.283 e. The smallest absolute Gasteiger partial charge is 0.283 e. The maximum absolute atomic E-state index is 11.4. The first-order chi connectivity index (χ1) is 10.8. The molecule has 0 radical (unpaired) electrons. The summed E-state index contributed by atoms with van der Waals surface area (Å²) < 4.78 is 0. The van der Waals surface area contributed by atoms with Gasteiger partial charge in [0.15, 0.2) is 0 Å². The van der Waals surface area contributed by atoms with Gasteiger partial charge in [-0.2, -0.15) is 0 Å². The van der Waals surface area contributed by atoms with Crippen molar-refractivity contribution in [1.82, 2.24) is 0 Å². The van der Waals surface area contributed by atoms with Crippen LogP contribution < -0.4 is 5.11 Å². The lowest BCUT2D eigenvalue weighted by molar-refractivity contribution is -0.394. The first-order valence-electron chi connectivity index (χ1n) is 6.06. The first kappa shape index (κ1) is 16.7. The molecule has 0 saturated carbocycles. The number of hydrogen-bond donors (Lipinski definition) is 0. The molecular formula is C14H7Cl2N2O5-. The summed E-state index contributed by atoms with van der Waals surface area (Å²) in [6, 6.07) is 6.03. The Bertz CT molecular complexity index is 813. The molecule has 118 valence electrons. The van der Waals surface area contributed by atoms with Crippen molar-refractivity contribution >= 4 is 46.7 Å². The predicted molar refractivity (Wildman–Crippen MR) is 84.6 cm³/mol. The van der Waals surface area contributed by atoms with Crippen LogP contribution in [0.25, 0.3) is 12.2 Å². The number of nitro groups is 2. The van der Waals surface area contributed by atoms with Crippen molar-refractivity contribution in [3.8, 4) is 5.75 Å². The van der Waals surface area contributed by atoms with Crippen LogP contribution in [0.5, 0.6) is 5.75 Å². The van der Waals surface area contributed by atoms with Crippen LogP contribution >= 0.6 is 23.2 Å². The van der Waals surface area contributed by atoms with Crippen LogP contribution in [0.2, 0.25) is 10.0 Å². The van der Waals surface area contributed by atoms with E-state index in [0.717, 1.165) is 12.1 Å². The minimum atomic E-state index is -0.715. The molecule has 0 aliphatic carbocycles. The molecule has 0 spiro atoms. The number of nitrogens with zero attached hydrogens (tertiary/aromatic N) is 2. The Morgan fingerprint density at radius 1 is 0.913 bits per heavy atom. The Balaban J connectivity index is 2.43. The Kier molecular flexibility index (Phi) is 4.83. The average molecular weight is 354 g/mol. The van der Waals surface area contributed by atoms with Gasteiger partial charge in [0.2, 0.25) is 0 Å². The van der Waals surface area contributed by atoms with Gasteiger partial charge in [-0.05, 0) is 29.8 Å². The normalized spacial score (nSPS) is 10.9. The molecule has 23 heavy (non-hydrogen) atoms. The van der Waals surface area contributed by atoms with Gasteiger partial charge in [0, 0.05) is 16.1 Å².